The number of hydrogen-bond acceptors (Lipinski definition) is 2. The van der Waals surface area contributed by atoms with Crippen LogP contribution in [-0.2, 0) is 21.7 Å². The van der Waals surface area contributed by atoms with Crippen molar-refractivity contribution in [3.63, 3.8) is 0 Å². The molecule has 154 valence electrons. The van der Waals surface area contributed by atoms with E-state index < -0.39 is 0 Å². The van der Waals surface area contributed by atoms with E-state index in [0.29, 0.717) is 0 Å². The van der Waals surface area contributed by atoms with Gasteiger partial charge in [0.05, 0.1) is 0 Å². The Balaban J connectivity index is 2.83. The van der Waals surface area contributed by atoms with Gasteiger partial charge in [-0.1, -0.05) is 83.1 Å². The highest BCUT2D eigenvalue weighted by molar-refractivity contribution is 5.66. The second-order valence-corrected chi connectivity index (χ2v) is 12.3. The van der Waals surface area contributed by atoms with Gasteiger partial charge in [-0.3, -0.25) is 9.97 Å². The van der Waals surface area contributed by atoms with Crippen LogP contribution in [0.2, 0.25) is 0 Å². The largest absolute Gasteiger partial charge is 0.257 e. The number of rotatable bonds is 1. The molecule has 0 aromatic carbocycles. The molecule has 0 aliphatic heterocycles. The highest BCUT2D eigenvalue weighted by atomic mass is 14.8. The van der Waals surface area contributed by atoms with Gasteiger partial charge in [0, 0.05) is 44.4 Å². The Kier molecular flexibility index (Phi) is 5.62. The van der Waals surface area contributed by atoms with Gasteiger partial charge in [-0.05, 0) is 35.4 Å². The zero-order valence-corrected chi connectivity index (χ0v) is 20.2. The molecule has 0 amide bonds. The maximum Gasteiger partial charge on any atom is 0.0466 e. The first kappa shape index (κ1) is 22.6. The van der Waals surface area contributed by atoms with Crippen molar-refractivity contribution in [2.24, 2.45) is 0 Å². The number of nitrogens with zero attached hydrogens (tertiary/aromatic N) is 2. The molecule has 2 heterocycles. The van der Waals surface area contributed by atoms with Crippen LogP contribution < -0.4 is 0 Å². The van der Waals surface area contributed by atoms with E-state index in [2.05, 4.69) is 107 Å². The van der Waals surface area contributed by atoms with Crippen molar-refractivity contribution in [3.05, 3.63) is 47.0 Å². The second kappa shape index (κ2) is 6.97. The molecule has 2 aromatic heterocycles. The quantitative estimate of drug-likeness (QED) is 0.517. The van der Waals surface area contributed by atoms with Crippen molar-refractivity contribution in [1.29, 1.82) is 0 Å². The molecule has 0 fully saturated rings. The maximum atomic E-state index is 5.03. The summed E-state index contributed by atoms with van der Waals surface area (Å²) >= 11 is 0. The Morgan fingerprint density at radius 3 is 0.714 bits per heavy atom. The highest BCUT2D eigenvalue weighted by Gasteiger charge is 2.25. The van der Waals surface area contributed by atoms with E-state index in [4.69, 9.17) is 9.97 Å². The Labute approximate surface area is 173 Å². The summed E-state index contributed by atoms with van der Waals surface area (Å²) in [6, 6.07) is 9.07. The van der Waals surface area contributed by atoms with Crippen molar-refractivity contribution >= 4 is 0 Å². The molecule has 0 spiro atoms. The molecule has 0 aliphatic rings. The molecule has 28 heavy (non-hydrogen) atoms. The van der Waals surface area contributed by atoms with Crippen LogP contribution in [0, 0.1) is 0 Å². The van der Waals surface area contributed by atoms with Crippen LogP contribution >= 0.6 is 0 Å². The molecule has 2 rings (SSSR count). The van der Waals surface area contributed by atoms with E-state index >= 15 is 0 Å². The van der Waals surface area contributed by atoms with Crippen LogP contribution in [0.25, 0.3) is 11.1 Å². The normalized spacial score (nSPS) is 13.7. The van der Waals surface area contributed by atoms with Crippen molar-refractivity contribution < 1.29 is 0 Å². The summed E-state index contributed by atoms with van der Waals surface area (Å²) in [5.41, 5.74) is 7.05. The molecule has 0 aliphatic carbocycles. The first-order chi connectivity index (χ1) is 12.4. The van der Waals surface area contributed by atoms with Gasteiger partial charge in [-0.25, -0.2) is 0 Å². The molecule has 0 saturated heterocycles. The summed E-state index contributed by atoms with van der Waals surface area (Å²) < 4.78 is 0. The Morgan fingerprint density at radius 1 is 0.393 bits per heavy atom. The third-order valence-electron chi connectivity index (χ3n) is 5.06. The average Bonchev–Trinajstić information content (AvgIpc) is 2.50. The summed E-state index contributed by atoms with van der Waals surface area (Å²) in [6.45, 7) is 26.8. The van der Waals surface area contributed by atoms with Gasteiger partial charge >= 0.3 is 0 Å². The molecule has 0 atom stereocenters. The lowest BCUT2D eigenvalue weighted by Gasteiger charge is -2.27. The third kappa shape index (κ3) is 5.21. The fraction of sp³-hybridized carbons (Fsp3) is 0.615. The average molecular weight is 381 g/mol. The van der Waals surface area contributed by atoms with Gasteiger partial charge in [0.1, 0.15) is 0 Å². The predicted octanol–water partition coefficient (Wildman–Crippen LogP) is 7.33. The minimum atomic E-state index is 0.00273. The molecular formula is C26H40N2. The monoisotopic (exact) mass is 380 g/mol. The predicted molar refractivity (Wildman–Crippen MR) is 122 cm³/mol. The number of aromatic nitrogens is 2. The molecular weight excluding hydrogens is 340 g/mol. The topological polar surface area (TPSA) is 25.8 Å². The van der Waals surface area contributed by atoms with Crippen LogP contribution in [0.1, 0.15) is 106 Å². The van der Waals surface area contributed by atoms with E-state index in [-0.39, 0.29) is 21.7 Å². The minimum absolute atomic E-state index is 0.00273. The minimum Gasteiger partial charge on any atom is -0.257 e. The molecule has 0 bridgehead atoms. The van der Waals surface area contributed by atoms with E-state index in [1.165, 1.54) is 11.1 Å². The molecule has 0 unspecified atom stereocenters. The fourth-order valence-electron chi connectivity index (χ4n) is 2.93. The van der Waals surface area contributed by atoms with Gasteiger partial charge in [0.25, 0.3) is 0 Å². The summed E-state index contributed by atoms with van der Waals surface area (Å²) in [5, 5.41) is 0. The van der Waals surface area contributed by atoms with Crippen molar-refractivity contribution in [3.8, 4) is 11.1 Å². The van der Waals surface area contributed by atoms with E-state index in [1.807, 2.05) is 0 Å². The third-order valence-corrected chi connectivity index (χ3v) is 5.06. The van der Waals surface area contributed by atoms with Crippen molar-refractivity contribution in [2.45, 2.75) is 105 Å². The summed E-state index contributed by atoms with van der Waals surface area (Å²) in [7, 11) is 0. The Morgan fingerprint density at radius 2 is 0.571 bits per heavy atom. The van der Waals surface area contributed by atoms with E-state index in [1.54, 1.807) is 0 Å². The van der Waals surface area contributed by atoms with E-state index in [9.17, 15) is 0 Å². The van der Waals surface area contributed by atoms with Crippen LogP contribution in [0.3, 0.4) is 0 Å². The number of pyridine rings is 2. The van der Waals surface area contributed by atoms with Crippen LogP contribution in [-0.4, -0.2) is 9.97 Å². The SMILES string of the molecule is CC(C)(C)c1cc(-c2cc(C(C)(C)C)nc(C(C)(C)C)c2)cc(C(C)(C)C)n1. The lowest BCUT2D eigenvalue weighted by molar-refractivity contribution is 0.529. The summed E-state index contributed by atoms with van der Waals surface area (Å²) in [5.74, 6) is 0. The Bertz CT molecular complexity index is 710. The smallest absolute Gasteiger partial charge is 0.0466 e. The first-order valence-electron chi connectivity index (χ1n) is 10.5. The molecule has 0 saturated carbocycles. The molecule has 0 radical (unpaired) electrons. The number of hydrogen-bond donors (Lipinski definition) is 0. The Hall–Kier alpha value is -1.70. The highest BCUT2D eigenvalue weighted by Crippen LogP contribution is 2.35. The molecule has 0 N–H and O–H groups in total. The van der Waals surface area contributed by atoms with E-state index in [0.717, 1.165) is 22.8 Å². The lowest BCUT2D eigenvalue weighted by Crippen LogP contribution is -2.21. The van der Waals surface area contributed by atoms with Gasteiger partial charge in [0.2, 0.25) is 0 Å². The van der Waals surface area contributed by atoms with Gasteiger partial charge in [-0.15, -0.1) is 0 Å². The van der Waals surface area contributed by atoms with Crippen molar-refractivity contribution in [2.75, 3.05) is 0 Å². The van der Waals surface area contributed by atoms with Gasteiger partial charge in [0.15, 0.2) is 0 Å². The fourth-order valence-corrected chi connectivity index (χ4v) is 2.93. The van der Waals surface area contributed by atoms with Gasteiger partial charge < -0.3 is 0 Å². The summed E-state index contributed by atoms with van der Waals surface area (Å²) in [6.07, 6.45) is 0. The zero-order valence-electron chi connectivity index (χ0n) is 20.2. The van der Waals surface area contributed by atoms with Crippen LogP contribution in [0.4, 0.5) is 0 Å². The van der Waals surface area contributed by atoms with Crippen LogP contribution in [0.5, 0.6) is 0 Å². The van der Waals surface area contributed by atoms with Crippen LogP contribution in [0.15, 0.2) is 24.3 Å². The molecule has 2 heteroatoms. The standard InChI is InChI=1S/C26H40N2/c1-23(2,3)19-13-17(14-20(27-19)24(4,5)6)18-15-21(25(7,8)9)28-22(16-18)26(10,11)12/h13-16H,1-12H3. The molecule has 2 aromatic rings. The van der Waals surface area contributed by atoms with Crippen molar-refractivity contribution in [1.82, 2.24) is 9.97 Å². The molecule has 2 nitrogen and oxygen atoms in total. The lowest BCUT2D eigenvalue weighted by atomic mass is 9.83. The zero-order chi connectivity index (χ0) is 21.7. The first-order valence-corrected chi connectivity index (χ1v) is 10.5. The summed E-state index contributed by atoms with van der Waals surface area (Å²) in [4.78, 5) is 10.1. The van der Waals surface area contributed by atoms with Gasteiger partial charge in [-0.2, -0.15) is 0 Å². The maximum absolute atomic E-state index is 5.03. The second-order valence-electron chi connectivity index (χ2n) is 12.3.